The summed E-state index contributed by atoms with van der Waals surface area (Å²) in [6, 6.07) is 2.32. The van der Waals surface area contributed by atoms with Gasteiger partial charge in [0, 0.05) is 12.6 Å². The maximum Gasteiger partial charge on any atom is 0.460 e. The van der Waals surface area contributed by atoms with Crippen LogP contribution in [0.5, 0.6) is 0 Å². The quantitative estimate of drug-likeness (QED) is 0.353. The standard InChI is InChI=1S/C11H8F9IN2/c12-8(13,9(14,15)10(16,17)11(18,19)20)3-1-6-2-4-22-7(5-6)23-21/h2,4-5H,1,3H2,(H,22,23). The number of hydrogen-bond donors (Lipinski definition) is 1. The van der Waals surface area contributed by atoms with Gasteiger partial charge in [-0.25, -0.2) is 4.98 Å². The Hall–Kier alpha value is -0.950. The summed E-state index contributed by atoms with van der Waals surface area (Å²) in [6.45, 7) is 0. The number of rotatable bonds is 6. The highest BCUT2D eigenvalue weighted by Gasteiger charge is 2.81. The van der Waals surface area contributed by atoms with Crippen molar-refractivity contribution in [1.82, 2.24) is 4.98 Å². The molecule has 0 saturated heterocycles. The Morgan fingerprint density at radius 2 is 1.52 bits per heavy atom. The summed E-state index contributed by atoms with van der Waals surface area (Å²) in [4.78, 5) is 3.70. The van der Waals surface area contributed by atoms with Crippen molar-refractivity contribution in [3.05, 3.63) is 23.9 Å². The predicted octanol–water partition coefficient (Wildman–Crippen LogP) is 5.24. The fourth-order valence-corrected chi connectivity index (χ4v) is 1.84. The molecule has 132 valence electrons. The SMILES string of the molecule is FC(F)(F)C(F)(F)C(F)(F)C(F)(F)CCc1ccnc(NI)c1. The Labute approximate surface area is 137 Å². The summed E-state index contributed by atoms with van der Waals surface area (Å²) in [5.41, 5.74) is 0.0185. The molecule has 0 aliphatic carbocycles. The zero-order valence-electron chi connectivity index (χ0n) is 10.9. The van der Waals surface area contributed by atoms with Crippen molar-refractivity contribution in [2.24, 2.45) is 0 Å². The first-order valence-corrected chi connectivity index (χ1v) is 6.86. The van der Waals surface area contributed by atoms with Gasteiger partial charge in [0.25, 0.3) is 0 Å². The van der Waals surface area contributed by atoms with Crippen LogP contribution in [0.3, 0.4) is 0 Å². The van der Waals surface area contributed by atoms with Crippen molar-refractivity contribution in [3.63, 3.8) is 0 Å². The van der Waals surface area contributed by atoms with Crippen LogP contribution in [-0.2, 0) is 6.42 Å². The molecule has 0 spiro atoms. The van der Waals surface area contributed by atoms with Crippen molar-refractivity contribution in [2.75, 3.05) is 3.53 Å². The van der Waals surface area contributed by atoms with E-state index in [1.807, 2.05) is 0 Å². The van der Waals surface area contributed by atoms with E-state index in [4.69, 9.17) is 0 Å². The molecule has 1 aromatic rings. The Morgan fingerprint density at radius 1 is 0.957 bits per heavy atom. The van der Waals surface area contributed by atoms with Crippen molar-refractivity contribution in [1.29, 1.82) is 0 Å². The van der Waals surface area contributed by atoms with E-state index in [1.54, 1.807) is 22.9 Å². The zero-order valence-corrected chi connectivity index (χ0v) is 13.0. The van der Waals surface area contributed by atoms with Gasteiger partial charge < -0.3 is 3.53 Å². The predicted molar refractivity (Wildman–Crippen MR) is 71.1 cm³/mol. The van der Waals surface area contributed by atoms with Gasteiger partial charge in [-0.15, -0.1) is 0 Å². The third kappa shape index (κ3) is 3.94. The van der Waals surface area contributed by atoms with Crippen LogP contribution in [0.4, 0.5) is 45.3 Å². The minimum absolute atomic E-state index is 0.0185. The van der Waals surface area contributed by atoms with Crippen molar-refractivity contribution < 1.29 is 39.5 Å². The number of aromatic nitrogens is 1. The molecular formula is C11H8F9IN2. The second-order valence-corrected chi connectivity index (χ2v) is 5.03. The van der Waals surface area contributed by atoms with Gasteiger partial charge >= 0.3 is 23.9 Å². The summed E-state index contributed by atoms with van der Waals surface area (Å²) < 4.78 is 116. The molecule has 0 radical (unpaired) electrons. The lowest BCUT2D eigenvalue weighted by molar-refractivity contribution is -0.396. The van der Waals surface area contributed by atoms with Crippen molar-refractivity contribution in [2.45, 2.75) is 36.8 Å². The van der Waals surface area contributed by atoms with Crippen molar-refractivity contribution in [3.8, 4) is 0 Å². The van der Waals surface area contributed by atoms with Gasteiger partial charge in [-0.2, -0.15) is 39.5 Å². The van der Waals surface area contributed by atoms with Crippen molar-refractivity contribution >= 4 is 28.7 Å². The molecule has 0 amide bonds. The molecule has 12 heteroatoms. The van der Waals surface area contributed by atoms with Crippen LogP contribution in [0.15, 0.2) is 18.3 Å². The van der Waals surface area contributed by atoms with Gasteiger partial charge in [0.2, 0.25) is 0 Å². The second kappa shape index (κ2) is 6.51. The van der Waals surface area contributed by atoms with Gasteiger partial charge in [-0.1, -0.05) is 0 Å². The monoisotopic (exact) mass is 466 g/mol. The third-order valence-corrected chi connectivity index (χ3v) is 3.41. The number of pyridine rings is 1. The molecule has 0 fully saturated rings. The second-order valence-electron chi connectivity index (χ2n) is 4.49. The Balaban J connectivity index is 2.97. The summed E-state index contributed by atoms with van der Waals surface area (Å²) in [5.74, 6) is -18.8. The smallest absolute Gasteiger partial charge is 0.313 e. The molecule has 1 rings (SSSR count). The molecule has 0 saturated carbocycles. The molecule has 1 aromatic heterocycles. The van der Waals surface area contributed by atoms with E-state index >= 15 is 0 Å². The average molecular weight is 466 g/mol. The van der Waals surface area contributed by atoms with Gasteiger partial charge in [0.1, 0.15) is 5.82 Å². The topological polar surface area (TPSA) is 24.9 Å². The van der Waals surface area contributed by atoms with Crippen LogP contribution < -0.4 is 3.53 Å². The number of aryl methyl sites for hydroxylation is 1. The Kier molecular flexibility index (Phi) is 5.69. The van der Waals surface area contributed by atoms with Gasteiger partial charge in [-0.05, 0) is 24.1 Å². The Bertz CT molecular complexity index is 545. The van der Waals surface area contributed by atoms with Crippen LogP contribution in [0, 0.1) is 0 Å². The lowest BCUT2D eigenvalue weighted by Gasteiger charge is -2.33. The number of halogens is 10. The zero-order chi connectivity index (χ0) is 18.1. The first-order valence-electron chi connectivity index (χ1n) is 5.78. The molecule has 0 atom stereocenters. The maximum absolute atomic E-state index is 13.3. The molecule has 0 bridgehead atoms. The van der Waals surface area contributed by atoms with E-state index in [1.165, 1.54) is 6.07 Å². The van der Waals surface area contributed by atoms with Crippen LogP contribution in [-0.4, -0.2) is 28.9 Å². The minimum Gasteiger partial charge on any atom is -0.313 e. The summed E-state index contributed by atoms with van der Waals surface area (Å²) >= 11 is 1.64. The Morgan fingerprint density at radius 3 is 2.00 bits per heavy atom. The lowest BCUT2D eigenvalue weighted by Crippen LogP contribution is -2.60. The minimum atomic E-state index is -6.85. The summed E-state index contributed by atoms with van der Waals surface area (Å²) in [6.07, 6.45) is -8.40. The maximum atomic E-state index is 13.3. The first-order chi connectivity index (χ1) is 10.3. The fraction of sp³-hybridized carbons (Fsp3) is 0.545. The molecule has 1 N–H and O–H groups in total. The fourth-order valence-electron chi connectivity index (χ4n) is 1.55. The van der Waals surface area contributed by atoms with E-state index in [9.17, 15) is 39.5 Å². The normalized spacial score (nSPS) is 14.0. The highest BCUT2D eigenvalue weighted by atomic mass is 127. The van der Waals surface area contributed by atoms with Gasteiger partial charge in [0.15, 0.2) is 0 Å². The molecular weight excluding hydrogens is 458 g/mol. The summed E-state index contributed by atoms with van der Waals surface area (Å²) in [5, 5.41) is 0. The van der Waals surface area contributed by atoms with E-state index in [0.717, 1.165) is 12.3 Å². The van der Waals surface area contributed by atoms with Gasteiger partial charge in [-0.3, -0.25) is 0 Å². The van der Waals surface area contributed by atoms with Gasteiger partial charge in [0.05, 0.1) is 22.9 Å². The molecule has 0 aromatic carbocycles. The lowest BCUT2D eigenvalue weighted by atomic mass is 9.97. The third-order valence-electron chi connectivity index (χ3n) is 2.86. The van der Waals surface area contributed by atoms with E-state index < -0.39 is 36.8 Å². The molecule has 0 aliphatic heterocycles. The largest absolute Gasteiger partial charge is 0.460 e. The molecule has 0 aliphatic rings. The van der Waals surface area contributed by atoms with E-state index in [-0.39, 0.29) is 11.4 Å². The highest BCUT2D eigenvalue weighted by Crippen LogP contribution is 2.54. The number of nitrogens with zero attached hydrogens (tertiary/aromatic N) is 1. The number of alkyl halides is 9. The van der Waals surface area contributed by atoms with Crippen LogP contribution >= 0.6 is 22.9 Å². The first kappa shape index (κ1) is 20.1. The van der Waals surface area contributed by atoms with Crippen LogP contribution in [0.1, 0.15) is 12.0 Å². The molecule has 2 nitrogen and oxygen atoms in total. The summed E-state index contributed by atoms with van der Waals surface area (Å²) in [7, 11) is 0. The van der Waals surface area contributed by atoms with E-state index in [2.05, 4.69) is 8.51 Å². The van der Waals surface area contributed by atoms with Crippen LogP contribution in [0.2, 0.25) is 0 Å². The highest BCUT2D eigenvalue weighted by molar-refractivity contribution is 14.1. The number of nitrogens with one attached hydrogen (secondary N) is 1. The number of anilines is 1. The average Bonchev–Trinajstić information content (AvgIpc) is 2.44. The molecule has 0 unspecified atom stereocenters. The van der Waals surface area contributed by atoms with E-state index in [0.29, 0.717) is 0 Å². The molecule has 1 heterocycles. The van der Waals surface area contributed by atoms with Crippen LogP contribution in [0.25, 0.3) is 0 Å². The number of hydrogen-bond acceptors (Lipinski definition) is 2. The molecule has 23 heavy (non-hydrogen) atoms.